The first-order valence-corrected chi connectivity index (χ1v) is 8.71. The molecule has 0 aliphatic heterocycles. The Bertz CT molecular complexity index is 837. The summed E-state index contributed by atoms with van der Waals surface area (Å²) in [5.74, 6) is -0.363. The monoisotopic (exact) mass is 384 g/mol. The van der Waals surface area contributed by atoms with E-state index in [1.807, 2.05) is 20.8 Å². The van der Waals surface area contributed by atoms with Crippen LogP contribution >= 0.6 is 0 Å². The van der Waals surface area contributed by atoms with Gasteiger partial charge in [-0.15, -0.1) is 0 Å². The third-order valence-electron chi connectivity index (χ3n) is 3.78. The van der Waals surface area contributed by atoms with Gasteiger partial charge in [0, 0.05) is 22.4 Å². The summed E-state index contributed by atoms with van der Waals surface area (Å²) in [4.78, 5) is 35.4. The molecule has 0 radical (unpaired) electrons. The molecule has 7 nitrogen and oxygen atoms in total. The lowest BCUT2D eigenvalue weighted by molar-refractivity contribution is -0.142. The van der Waals surface area contributed by atoms with Gasteiger partial charge in [0.1, 0.15) is 5.75 Å². The van der Waals surface area contributed by atoms with Gasteiger partial charge in [0.25, 0.3) is 5.91 Å². The first kappa shape index (κ1) is 21.0. The zero-order valence-corrected chi connectivity index (χ0v) is 16.4. The topological polar surface area (TPSA) is 93.7 Å². The highest BCUT2D eigenvalue weighted by molar-refractivity contribution is 6.04. The van der Waals surface area contributed by atoms with Crippen molar-refractivity contribution >= 4 is 29.2 Å². The maximum atomic E-state index is 12.4. The third-order valence-corrected chi connectivity index (χ3v) is 3.78. The summed E-state index contributed by atoms with van der Waals surface area (Å²) < 4.78 is 9.75. The number of anilines is 2. The molecule has 0 aliphatic rings. The van der Waals surface area contributed by atoms with Crippen LogP contribution in [0.25, 0.3) is 0 Å². The molecule has 7 heteroatoms. The Labute approximate surface area is 164 Å². The van der Waals surface area contributed by atoms with E-state index in [4.69, 9.17) is 4.74 Å². The number of hydrogen-bond donors (Lipinski definition) is 2. The first-order valence-electron chi connectivity index (χ1n) is 8.71. The molecular weight excluding hydrogens is 360 g/mol. The highest BCUT2D eigenvalue weighted by Gasteiger charge is 2.21. The third kappa shape index (κ3) is 6.12. The molecule has 0 bridgehead atoms. The fraction of sp³-hybridized carbons (Fsp3) is 0.286. The zero-order chi connectivity index (χ0) is 20.7. The summed E-state index contributed by atoms with van der Waals surface area (Å²) in [6.07, 6.45) is 0. The fourth-order valence-corrected chi connectivity index (χ4v) is 2.06. The molecule has 0 unspecified atom stereocenters. The maximum absolute atomic E-state index is 12.4. The largest absolute Gasteiger partial charge is 0.482 e. The molecule has 0 fully saturated rings. The average Bonchev–Trinajstić information content (AvgIpc) is 2.67. The molecule has 0 spiro atoms. The van der Waals surface area contributed by atoms with Crippen LogP contribution in [0.1, 0.15) is 31.1 Å². The van der Waals surface area contributed by atoms with E-state index in [-0.39, 0.29) is 18.4 Å². The highest BCUT2D eigenvalue weighted by atomic mass is 16.6. The molecule has 28 heavy (non-hydrogen) atoms. The van der Waals surface area contributed by atoms with Gasteiger partial charge >= 0.3 is 5.97 Å². The van der Waals surface area contributed by atoms with Gasteiger partial charge in [0.05, 0.1) is 7.11 Å². The summed E-state index contributed by atoms with van der Waals surface area (Å²) in [5.41, 5.74) is 1.17. The molecule has 0 atom stereocenters. The minimum Gasteiger partial charge on any atom is -0.482 e. The summed E-state index contributed by atoms with van der Waals surface area (Å²) >= 11 is 0. The van der Waals surface area contributed by atoms with Crippen LogP contribution < -0.4 is 15.4 Å². The zero-order valence-electron chi connectivity index (χ0n) is 16.4. The molecule has 0 saturated heterocycles. The van der Waals surface area contributed by atoms with Crippen molar-refractivity contribution in [1.29, 1.82) is 0 Å². The van der Waals surface area contributed by atoms with Crippen molar-refractivity contribution in [3.8, 4) is 5.75 Å². The Morgan fingerprint density at radius 2 is 1.39 bits per heavy atom. The number of rotatable bonds is 6. The van der Waals surface area contributed by atoms with Crippen molar-refractivity contribution in [2.75, 3.05) is 24.4 Å². The number of carbonyl (C=O) groups is 3. The van der Waals surface area contributed by atoms with Gasteiger partial charge in [-0.3, -0.25) is 9.59 Å². The number of benzene rings is 2. The average molecular weight is 384 g/mol. The summed E-state index contributed by atoms with van der Waals surface area (Å²) in [5, 5.41) is 5.58. The smallest absolute Gasteiger partial charge is 0.343 e. The molecule has 0 aliphatic carbocycles. The fourth-order valence-electron chi connectivity index (χ4n) is 2.06. The van der Waals surface area contributed by atoms with Crippen LogP contribution in [0, 0.1) is 5.41 Å². The molecule has 148 valence electrons. The van der Waals surface area contributed by atoms with Crippen molar-refractivity contribution in [3.05, 3.63) is 54.1 Å². The number of methoxy groups -OCH3 is 1. The van der Waals surface area contributed by atoms with Crippen LogP contribution in [0.5, 0.6) is 5.75 Å². The van der Waals surface area contributed by atoms with Crippen LogP contribution in [0.3, 0.4) is 0 Å². The van der Waals surface area contributed by atoms with Crippen molar-refractivity contribution in [3.63, 3.8) is 0 Å². The molecule has 0 heterocycles. The minimum absolute atomic E-state index is 0.0980. The summed E-state index contributed by atoms with van der Waals surface area (Å²) in [7, 11) is 1.29. The number of amides is 2. The van der Waals surface area contributed by atoms with Crippen LogP contribution in [-0.4, -0.2) is 31.5 Å². The van der Waals surface area contributed by atoms with Gasteiger partial charge in [-0.05, 0) is 48.5 Å². The molecule has 2 N–H and O–H groups in total. The number of nitrogens with one attached hydrogen (secondary N) is 2. The Balaban J connectivity index is 1.93. The number of carbonyl (C=O) groups excluding carboxylic acids is 3. The Morgan fingerprint density at radius 3 is 1.93 bits per heavy atom. The standard InChI is InChI=1S/C21H24N2O5/c1-21(2,3)20(26)23-16-7-5-14(6-8-16)19(25)22-15-9-11-17(12-10-15)28-13-18(24)27-4/h5-12H,13H2,1-4H3,(H,22,25)(H,23,26). The van der Waals surface area contributed by atoms with E-state index in [0.29, 0.717) is 22.7 Å². The molecule has 0 saturated carbocycles. The maximum Gasteiger partial charge on any atom is 0.343 e. The Kier molecular flexibility index (Phi) is 6.76. The van der Waals surface area contributed by atoms with E-state index in [1.54, 1.807) is 48.5 Å². The second-order valence-corrected chi connectivity index (χ2v) is 7.12. The van der Waals surface area contributed by atoms with Crippen molar-refractivity contribution in [2.45, 2.75) is 20.8 Å². The molecule has 0 aromatic heterocycles. The molecule has 2 aromatic rings. The number of hydrogen-bond acceptors (Lipinski definition) is 5. The van der Waals surface area contributed by atoms with Gasteiger partial charge in [-0.1, -0.05) is 20.8 Å². The summed E-state index contributed by atoms with van der Waals surface area (Å²) in [6.45, 7) is 5.31. The second-order valence-electron chi connectivity index (χ2n) is 7.12. The quantitative estimate of drug-likeness (QED) is 0.744. The first-order chi connectivity index (χ1) is 13.2. The van der Waals surface area contributed by atoms with E-state index >= 15 is 0 Å². The molecule has 2 aromatic carbocycles. The lowest BCUT2D eigenvalue weighted by atomic mass is 9.95. The van der Waals surface area contributed by atoms with Crippen LogP contribution in [0.4, 0.5) is 11.4 Å². The Morgan fingerprint density at radius 1 is 0.857 bits per heavy atom. The second kappa shape index (κ2) is 9.03. The van der Waals surface area contributed by atoms with E-state index in [1.165, 1.54) is 7.11 Å². The molecule has 2 amide bonds. The van der Waals surface area contributed by atoms with Crippen molar-refractivity contribution in [1.82, 2.24) is 0 Å². The predicted octanol–water partition coefficient (Wildman–Crippen LogP) is 3.48. The van der Waals surface area contributed by atoms with E-state index < -0.39 is 11.4 Å². The van der Waals surface area contributed by atoms with Gasteiger partial charge in [-0.2, -0.15) is 0 Å². The van der Waals surface area contributed by atoms with E-state index in [0.717, 1.165) is 0 Å². The van der Waals surface area contributed by atoms with Gasteiger partial charge < -0.3 is 20.1 Å². The van der Waals surface area contributed by atoms with Crippen molar-refractivity contribution < 1.29 is 23.9 Å². The van der Waals surface area contributed by atoms with Crippen LogP contribution in [0.15, 0.2) is 48.5 Å². The van der Waals surface area contributed by atoms with Crippen molar-refractivity contribution in [2.24, 2.45) is 5.41 Å². The van der Waals surface area contributed by atoms with Gasteiger partial charge in [-0.25, -0.2) is 4.79 Å². The predicted molar refractivity (Wildman–Crippen MR) is 106 cm³/mol. The van der Waals surface area contributed by atoms with Gasteiger partial charge in [0.2, 0.25) is 5.91 Å². The molecule has 2 rings (SSSR count). The van der Waals surface area contributed by atoms with E-state index in [9.17, 15) is 14.4 Å². The number of esters is 1. The SMILES string of the molecule is COC(=O)COc1ccc(NC(=O)c2ccc(NC(=O)C(C)(C)C)cc2)cc1. The number of ether oxygens (including phenoxy) is 2. The molecular formula is C21H24N2O5. The van der Waals surface area contributed by atoms with E-state index in [2.05, 4.69) is 15.4 Å². The summed E-state index contributed by atoms with van der Waals surface area (Å²) in [6, 6.07) is 13.3. The highest BCUT2D eigenvalue weighted by Crippen LogP contribution is 2.19. The minimum atomic E-state index is -0.497. The normalized spacial score (nSPS) is 10.7. The van der Waals surface area contributed by atoms with Crippen LogP contribution in [0.2, 0.25) is 0 Å². The lowest BCUT2D eigenvalue weighted by Gasteiger charge is -2.17. The van der Waals surface area contributed by atoms with Crippen LogP contribution in [-0.2, 0) is 14.3 Å². The van der Waals surface area contributed by atoms with Gasteiger partial charge in [0.15, 0.2) is 6.61 Å². The Hall–Kier alpha value is -3.35. The lowest BCUT2D eigenvalue weighted by Crippen LogP contribution is -2.27.